The molecule has 0 radical (unpaired) electrons. The number of hydrogen-bond acceptors (Lipinski definition) is 4. The summed E-state index contributed by atoms with van der Waals surface area (Å²) in [6.07, 6.45) is 6.75. The van der Waals surface area contributed by atoms with Gasteiger partial charge in [0.05, 0.1) is 16.3 Å². The molecule has 0 atom stereocenters. The summed E-state index contributed by atoms with van der Waals surface area (Å²) in [5.74, 6) is 0.673. The third-order valence-electron chi connectivity index (χ3n) is 4.20. The molecule has 2 N–H and O–H groups in total. The van der Waals surface area contributed by atoms with Gasteiger partial charge in [0.15, 0.2) is 0 Å². The van der Waals surface area contributed by atoms with Crippen LogP contribution in [0.1, 0.15) is 25.0 Å². The van der Waals surface area contributed by atoms with Crippen molar-refractivity contribution in [1.82, 2.24) is 8.96 Å². The predicted octanol–water partition coefficient (Wildman–Crippen LogP) is 3.55. The Morgan fingerprint density at radius 1 is 1.18 bits per heavy atom. The highest BCUT2D eigenvalue weighted by Crippen LogP contribution is 2.30. The molecule has 0 unspecified atom stereocenters. The first kappa shape index (κ1) is 19.6. The van der Waals surface area contributed by atoms with Gasteiger partial charge in [-0.2, -0.15) is 0 Å². The monoisotopic (exact) mass is 401 g/mol. The Morgan fingerprint density at radius 3 is 2.39 bits per heavy atom. The summed E-state index contributed by atoms with van der Waals surface area (Å²) in [4.78, 5) is 4.09. The molecule has 5 nitrogen and oxygen atoms in total. The number of terminal acetylenes is 1. The zero-order valence-corrected chi connectivity index (χ0v) is 16.0. The number of nitrogens with zero attached hydrogens (tertiary/aromatic N) is 2. The maximum Gasteiger partial charge on any atom is 0.244 e. The van der Waals surface area contributed by atoms with Gasteiger partial charge in [-0.3, -0.25) is 0 Å². The van der Waals surface area contributed by atoms with Gasteiger partial charge in [-0.25, -0.2) is 26.2 Å². The number of nitrogens with two attached hydrogens (primary N) is 1. The van der Waals surface area contributed by atoms with E-state index >= 15 is 0 Å². The lowest BCUT2D eigenvalue weighted by Crippen LogP contribution is -2.23. The number of aromatic nitrogens is 2. The summed E-state index contributed by atoms with van der Waals surface area (Å²) in [6.45, 7) is 3.06. The van der Waals surface area contributed by atoms with Crippen LogP contribution < -0.4 is 5.73 Å². The smallest absolute Gasteiger partial charge is 0.244 e. The highest BCUT2D eigenvalue weighted by molar-refractivity contribution is 7.90. The highest BCUT2D eigenvalue weighted by Gasteiger charge is 2.24. The second-order valence-corrected chi connectivity index (χ2v) is 8.75. The first-order valence-electron chi connectivity index (χ1n) is 8.30. The van der Waals surface area contributed by atoms with Gasteiger partial charge in [-0.1, -0.05) is 12.0 Å². The van der Waals surface area contributed by atoms with Gasteiger partial charge < -0.3 is 5.73 Å². The van der Waals surface area contributed by atoms with Crippen molar-refractivity contribution in [2.45, 2.75) is 19.1 Å². The minimum absolute atomic E-state index is 0.167. The lowest BCUT2D eigenvalue weighted by molar-refractivity contribution is 0.580. The average molecular weight is 401 g/mol. The van der Waals surface area contributed by atoms with Gasteiger partial charge in [0, 0.05) is 6.07 Å². The number of rotatable bonds is 4. The predicted molar refractivity (Wildman–Crippen MR) is 106 cm³/mol. The molecule has 3 rings (SSSR count). The van der Waals surface area contributed by atoms with E-state index < -0.39 is 26.9 Å². The first-order chi connectivity index (χ1) is 13.1. The molecule has 28 heavy (non-hydrogen) atoms. The van der Waals surface area contributed by atoms with E-state index in [-0.39, 0.29) is 17.0 Å². The van der Waals surface area contributed by atoms with Crippen LogP contribution in [0.5, 0.6) is 0 Å². The summed E-state index contributed by atoms with van der Waals surface area (Å²) in [5, 5.41) is -0.728. The molecule has 0 amide bonds. The van der Waals surface area contributed by atoms with Crippen molar-refractivity contribution in [3.63, 3.8) is 0 Å². The van der Waals surface area contributed by atoms with Crippen LogP contribution in [-0.4, -0.2) is 22.6 Å². The van der Waals surface area contributed by atoms with Crippen molar-refractivity contribution < 1.29 is 17.2 Å². The minimum atomic E-state index is -3.77. The maximum atomic E-state index is 13.7. The number of allylic oxidation sites excluding steroid dienone is 1. The Morgan fingerprint density at radius 2 is 1.82 bits per heavy atom. The summed E-state index contributed by atoms with van der Waals surface area (Å²) >= 11 is 0. The SMILES string of the molecule is C#C/C=C(\c1cc(F)cc(F)c1)c1ccc2nc(N)n(S(=O)(=O)C(C)C)c2c1. The Balaban J connectivity index is 2.28. The molecule has 2 aromatic carbocycles. The molecule has 0 aliphatic rings. The fourth-order valence-corrected chi connectivity index (χ4v) is 3.99. The number of anilines is 1. The Labute approximate surface area is 161 Å². The highest BCUT2D eigenvalue weighted by atomic mass is 32.2. The summed E-state index contributed by atoms with van der Waals surface area (Å²) in [6, 6.07) is 7.79. The van der Waals surface area contributed by atoms with Crippen LogP contribution in [0.2, 0.25) is 0 Å². The van der Waals surface area contributed by atoms with Crippen molar-refractivity contribution >= 4 is 32.6 Å². The van der Waals surface area contributed by atoms with Crippen molar-refractivity contribution in [3.05, 3.63) is 65.2 Å². The molecule has 0 bridgehead atoms. The van der Waals surface area contributed by atoms with Gasteiger partial charge in [0.1, 0.15) is 11.6 Å². The van der Waals surface area contributed by atoms with Crippen molar-refractivity contribution in [3.8, 4) is 12.3 Å². The van der Waals surface area contributed by atoms with E-state index in [2.05, 4.69) is 10.9 Å². The van der Waals surface area contributed by atoms with Crippen LogP contribution in [0, 0.1) is 24.0 Å². The molecule has 0 spiro atoms. The third kappa shape index (κ3) is 3.37. The Kier molecular flexibility index (Phi) is 4.96. The van der Waals surface area contributed by atoms with Crippen LogP contribution in [0.4, 0.5) is 14.7 Å². The molecular formula is C20H17F2N3O2S. The van der Waals surface area contributed by atoms with E-state index in [0.717, 1.165) is 22.2 Å². The summed E-state index contributed by atoms with van der Waals surface area (Å²) < 4.78 is 53.7. The van der Waals surface area contributed by atoms with Crippen molar-refractivity contribution in [1.29, 1.82) is 0 Å². The van der Waals surface area contributed by atoms with Crippen molar-refractivity contribution in [2.24, 2.45) is 0 Å². The second kappa shape index (κ2) is 7.09. The lowest BCUT2D eigenvalue weighted by atomic mass is 9.97. The quantitative estimate of drug-likeness (QED) is 0.678. The number of fused-ring (bicyclic) bond motifs is 1. The van der Waals surface area contributed by atoms with Crippen LogP contribution in [0.15, 0.2) is 42.5 Å². The molecular weight excluding hydrogens is 384 g/mol. The molecule has 0 saturated heterocycles. The van der Waals surface area contributed by atoms with Gasteiger partial charge in [0.2, 0.25) is 16.0 Å². The fourth-order valence-electron chi connectivity index (χ4n) is 2.84. The van der Waals surface area contributed by atoms with Gasteiger partial charge >= 0.3 is 0 Å². The zero-order valence-electron chi connectivity index (χ0n) is 15.1. The van der Waals surface area contributed by atoms with E-state index in [9.17, 15) is 17.2 Å². The molecule has 0 fully saturated rings. The number of halogens is 2. The number of benzene rings is 2. The van der Waals surface area contributed by atoms with Crippen molar-refractivity contribution in [2.75, 3.05) is 5.73 Å². The zero-order chi connectivity index (χ0) is 20.6. The van der Waals surface area contributed by atoms with E-state index in [1.165, 1.54) is 26.0 Å². The number of imidazole rings is 1. The van der Waals surface area contributed by atoms with Crippen LogP contribution >= 0.6 is 0 Å². The van der Waals surface area contributed by atoms with Gasteiger partial charge in [0.25, 0.3) is 0 Å². The molecule has 3 aromatic rings. The number of nitrogen functional groups attached to an aromatic ring is 1. The number of hydrogen-bond donors (Lipinski definition) is 1. The molecule has 1 heterocycles. The fraction of sp³-hybridized carbons (Fsp3) is 0.150. The Bertz CT molecular complexity index is 1230. The molecule has 0 saturated carbocycles. The van der Waals surface area contributed by atoms with E-state index in [1.54, 1.807) is 12.1 Å². The topological polar surface area (TPSA) is 78.0 Å². The average Bonchev–Trinajstić information content (AvgIpc) is 2.94. The maximum absolute atomic E-state index is 13.7. The molecule has 8 heteroatoms. The van der Waals surface area contributed by atoms with Crippen LogP contribution in [0.3, 0.4) is 0 Å². The molecule has 0 aliphatic carbocycles. The Hall–Kier alpha value is -3.18. The third-order valence-corrected chi connectivity index (χ3v) is 6.28. The second-order valence-electron chi connectivity index (χ2n) is 6.41. The molecule has 0 aliphatic heterocycles. The lowest BCUT2D eigenvalue weighted by Gasteiger charge is -2.12. The van der Waals surface area contributed by atoms with E-state index in [1.807, 2.05) is 0 Å². The summed E-state index contributed by atoms with van der Waals surface area (Å²) in [5.41, 5.74) is 7.51. The minimum Gasteiger partial charge on any atom is -0.368 e. The standard InChI is InChI=1S/C20H17F2N3O2S/c1-4-5-17(14-8-15(21)11-16(22)9-14)13-6-7-18-19(10-13)25(20(23)24-18)28(26,27)12(2)3/h1,5-12H,2-3H3,(H2,23,24)/b17-5-. The normalized spacial score (nSPS) is 12.5. The van der Waals surface area contributed by atoms with Gasteiger partial charge in [-0.05, 0) is 60.9 Å². The summed E-state index contributed by atoms with van der Waals surface area (Å²) in [7, 11) is -3.77. The molecule has 1 aromatic heterocycles. The van der Waals surface area contributed by atoms with Crippen LogP contribution in [-0.2, 0) is 10.0 Å². The van der Waals surface area contributed by atoms with E-state index in [4.69, 9.17) is 12.2 Å². The van der Waals surface area contributed by atoms with E-state index in [0.29, 0.717) is 16.7 Å². The van der Waals surface area contributed by atoms with Crippen LogP contribution in [0.25, 0.3) is 16.6 Å². The van der Waals surface area contributed by atoms with Gasteiger partial charge in [-0.15, -0.1) is 6.42 Å². The largest absolute Gasteiger partial charge is 0.368 e. The molecule has 144 valence electrons. The first-order valence-corrected chi connectivity index (χ1v) is 9.81.